The molecule has 0 atom stereocenters. The highest BCUT2D eigenvalue weighted by Gasteiger charge is 2.20. The molecule has 3 aromatic rings. The van der Waals surface area contributed by atoms with Crippen molar-refractivity contribution in [3.8, 4) is 5.75 Å². The Morgan fingerprint density at radius 3 is 2.61 bits per heavy atom. The number of carbonyl (C=O) groups is 1. The summed E-state index contributed by atoms with van der Waals surface area (Å²) in [6, 6.07) is 11.3. The SMILES string of the molecule is COC(=O)Cc1c(C)c2cc(Cl)c(O)c(CNCc3ccccc3)c2oc1=O. The summed E-state index contributed by atoms with van der Waals surface area (Å²) in [7, 11) is 1.26. The Bertz CT molecular complexity index is 1080. The largest absolute Gasteiger partial charge is 0.506 e. The first-order valence-electron chi connectivity index (χ1n) is 8.70. The minimum atomic E-state index is -0.638. The summed E-state index contributed by atoms with van der Waals surface area (Å²) in [4.78, 5) is 24.0. The van der Waals surface area contributed by atoms with Crippen LogP contribution in [0.1, 0.15) is 22.3 Å². The number of halogens is 1. The molecule has 0 saturated heterocycles. The van der Waals surface area contributed by atoms with Gasteiger partial charge >= 0.3 is 11.6 Å². The number of ether oxygens (including phenoxy) is 1. The maximum atomic E-state index is 12.4. The van der Waals surface area contributed by atoms with Crippen LogP contribution in [0, 0.1) is 6.92 Å². The highest BCUT2D eigenvalue weighted by Crippen LogP contribution is 2.36. The first-order valence-corrected chi connectivity index (χ1v) is 9.08. The molecule has 0 fully saturated rings. The number of methoxy groups -OCH3 is 1. The van der Waals surface area contributed by atoms with Crippen LogP contribution in [0.25, 0.3) is 11.0 Å². The number of rotatable bonds is 6. The lowest BCUT2D eigenvalue weighted by molar-refractivity contribution is -0.139. The van der Waals surface area contributed by atoms with Gasteiger partial charge in [-0.15, -0.1) is 0 Å². The van der Waals surface area contributed by atoms with Gasteiger partial charge in [-0.1, -0.05) is 41.9 Å². The number of phenols is 1. The van der Waals surface area contributed by atoms with E-state index >= 15 is 0 Å². The molecule has 0 radical (unpaired) electrons. The maximum Gasteiger partial charge on any atom is 0.340 e. The number of hydrogen-bond acceptors (Lipinski definition) is 6. The number of aromatic hydroxyl groups is 1. The van der Waals surface area contributed by atoms with Crippen molar-refractivity contribution >= 4 is 28.5 Å². The van der Waals surface area contributed by atoms with E-state index in [1.54, 1.807) is 6.92 Å². The average Bonchev–Trinajstić information content (AvgIpc) is 2.69. The van der Waals surface area contributed by atoms with Crippen LogP contribution in [-0.2, 0) is 29.0 Å². The average molecular weight is 402 g/mol. The summed E-state index contributed by atoms with van der Waals surface area (Å²) < 4.78 is 10.1. The second kappa shape index (κ2) is 8.46. The van der Waals surface area contributed by atoms with E-state index in [0.29, 0.717) is 23.1 Å². The second-order valence-electron chi connectivity index (χ2n) is 6.40. The van der Waals surface area contributed by atoms with E-state index in [9.17, 15) is 14.7 Å². The van der Waals surface area contributed by atoms with Crippen LogP contribution in [-0.4, -0.2) is 18.2 Å². The zero-order valence-corrected chi connectivity index (χ0v) is 16.3. The van der Waals surface area contributed by atoms with Crippen LogP contribution < -0.4 is 10.9 Å². The third-order valence-electron chi connectivity index (χ3n) is 4.62. The van der Waals surface area contributed by atoms with Gasteiger partial charge in [0.15, 0.2) is 0 Å². The summed E-state index contributed by atoms with van der Waals surface area (Å²) in [6.07, 6.45) is -0.194. The molecule has 0 aliphatic rings. The molecule has 2 aromatic carbocycles. The van der Waals surface area contributed by atoms with Crippen LogP contribution in [0.2, 0.25) is 5.02 Å². The lowest BCUT2D eigenvalue weighted by atomic mass is 10.0. The van der Waals surface area contributed by atoms with Crippen molar-refractivity contribution in [3.63, 3.8) is 0 Å². The Morgan fingerprint density at radius 1 is 1.21 bits per heavy atom. The molecule has 1 aromatic heterocycles. The van der Waals surface area contributed by atoms with Gasteiger partial charge in [-0.25, -0.2) is 4.79 Å². The first kappa shape index (κ1) is 19.9. The topological polar surface area (TPSA) is 88.8 Å². The van der Waals surface area contributed by atoms with Crippen LogP contribution in [0.5, 0.6) is 5.75 Å². The third-order valence-corrected chi connectivity index (χ3v) is 4.91. The highest BCUT2D eigenvalue weighted by molar-refractivity contribution is 6.33. The van der Waals surface area contributed by atoms with E-state index in [1.807, 2.05) is 30.3 Å². The Labute approximate surface area is 166 Å². The van der Waals surface area contributed by atoms with Gasteiger partial charge in [0.05, 0.1) is 29.7 Å². The molecule has 6 nitrogen and oxygen atoms in total. The Balaban J connectivity index is 2.01. The van der Waals surface area contributed by atoms with Crippen molar-refractivity contribution in [1.82, 2.24) is 5.32 Å². The van der Waals surface area contributed by atoms with Crippen LogP contribution in [0.15, 0.2) is 45.6 Å². The molecule has 1 heterocycles. The quantitative estimate of drug-likeness (QED) is 0.485. The number of aryl methyl sites for hydroxylation is 1. The smallest absolute Gasteiger partial charge is 0.340 e. The van der Waals surface area contributed by atoms with Crippen molar-refractivity contribution in [3.05, 3.63) is 74.1 Å². The third kappa shape index (κ3) is 4.03. The molecule has 0 aliphatic carbocycles. The van der Waals surface area contributed by atoms with Crippen LogP contribution in [0.3, 0.4) is 0 Å². The number of nitrogens with one attached hydrogen (secondary N) is 1. The van der Waals surface area contributed by atoms with Crippen molar-refractivity contribution in [1.29, 1.82) is 0 Å². The molecule has 0 spiro atoms. The predicted molar refractivity (Wildman–Crippen MR) is 107 cm³/mol. The first-order chi connectivity index (χ1) is 13.4. The normalized spacial score (nSPS) is 11.0. The standard InChI is InChI=1S/C21H20ClNO5/c1-12-14-8-17(22)19(25)16(11-23-10-13-6-4-3-5-7-13)20(14)28-21(26)15(12)9-18(24)27-2/h3-8,23,25H,9-11H2,1-2H3. The summed E-state index contributed by atoms with van der Waals surface area (Å²) in [6.45, 7) is 2.53. The molecular formula is C21H20ClNO5. The van der Waals surface area contributed by atoms with Crippen LogP contribution in [0.4, 0.5) is 0 Å². The van der Waals surface area contributed by atoms with Gasteiger partial charge in [0.1, 0.15) is 11.3 Å². The van der Waals surface area contributed by atoms with Gasteiger partial charge in [-0.3, -0.25) is 4.79 Å². The van der Waals surface area contributed by atoms with E-state index < -0.39 is 11.6 Å². The predicted octanol–water partition coefficient (Wildman–Crippen LogP) is 3.47. The van der Waals surface area contributed by atoms with Crippen LogP contribution >= 0.6 is 11.6 Å². The van der Waals surface area contributed by atoms with Gasteiger partial charge < -0.3 is 19.6 Å². The van der Waals surface area contributed by atoms with E-state index in [4.69, 9.17) is 16.0 Å². The molecule has 2 N–H and O–H groups in total. The molecule has 28 heavy (non-hydrogen) atoms. The fourth-order valence-electron chi connectivity index (χ4n) is 3.05. The number of esters is 1. The van der Waals surface area contributed by atoms with Crippen molar-refractivity contribution < 1.29 is 19.1 Å². The summed E-state index contributed by atoms with van der Waals surface area (Å²) in [5.74, 6) is -0.678. The Kier molecular flexibility index (Phi) is 6.02. The highest BCUT2D eigenvalue weighted by atomic mass is 35.5. The number of benzene rings is 2. The molecule has 0 amide bonds. The van der Waals surface area contributed by atoms with Crippen molar-refractivity contribution in [2.75, 3.05) is 7.11 Å². The monoisotopic (exact) mass is 401 g/mol. The number of hydrogen-bond donors (Lipinski definition) is 2. The summed E-state index contributed by atoms with van der Waals surface area (Å²) >= 11 is 6.20. The van der Waals surface area contributed by atoms with E-state index in [2.05, 4.69) is 10.1 Å². The number of phenolic OH excluding ortho intramolecular Hbond substituents is 1. The number of carbonyl (C=O) groups excluding carboxylic acids is 1. The van der Waals surface area contributed by atoms with Gasteiger partial charge in [0, 0.05) is 18.5 Å². The molecular weight excluding hydrogens is 382 g/mol. The molecule has 3 rings (SSSR count). The Morgan fingerprint density at radius 2 is 1.93 bits per heavy atom. The fraction of sp³-hybridized carbons (Fsp3) is 0.238. The maximum absolute atomic E-state index is 12.4. The summed E-state index contributed by atoms with van der Waals surface area (Å²) in [5, 5.41) is 14.3. The second-order valence-corrected chi connectivity index (χ2v) is 6.80. The van der Waals surface area contributed by atoms with E-state index in [-0.39, 0.29) is 34.9 Å². The van der Waals surface area contributed by atoms with Gasteiger partial charge in [0.25, 0.3) is 0 Å². The lowest BCUT2D eigenvalue weighted by Gasteiger charge is -2.14. The molecule has 146 valence electrons. The fourth-order valence-corrected chi connectivity index (χ4v) is 3.28. The summed E-state index contributed by atoms with van der Waals surface area (Å²) in [5.41, 5.74) is 1.86. The molecule has 0 saturated carbocycles. The molecule has 0 bridgehead atoms. The van der Waals surface area contributed by atoms with E-state index in [1.165, 1.54) is 13.2 Å². The Hall–Kier alpha value is -2.83. The number of fused-ring (bicyclic) bond motifs is 1. The molecule has 0 aliphatic heterocycles. The van der Waals surface area contributed by atoms with E-state index in [0.717, 1.165) is 5.56 Å². The molecule has 0 unspecified atom stereocenters. The van der Waals surface area contributed by atoms with Crippen molar-refractivity contribution in [2.24, 2.45) is 0 Å². The van der Waals surface area contributed by atoms with Gasteiger partial charge in [0.2, 0.25) is 0 Å². The van der Waals surface area contributed by atoms with Gasteiger partial charge in [-0.2, -0.15) is 0 Å². The molecule has 7 heteroatoms. The zero-order chi connectivity index (χ0) is 20.3. The lowest BCUT2D eigenvalue weighted by Crippen LogP contribution is -2.18. The zero-order valence-electron chi connectivity index (χ0n) is 15.5. The minimum absolute atomic E-state index is 0.141. The van der Waals surface area contributed by atoms with Crippen molar-refractivity contribution in [2.45, 2.75) is 26.4 Å². The van der Waals surface area contributed by atoms with Gasteiger partial charge in [-0.05, 0) is 24.1 Å². The minimum Gasteiger partial charge on any atom is -0.506 e.